The predicted molar refractivity (Wildman–Crippen MR) is 79.4 cm³/mol. The van der Waals surface area contributed by atoms with Crippen LogP contribution < -0.4 is 5.32 Å². The molecule has 0 amide bonds. The molecule has 3 nitrogen and oxygen atoms in total. The Balaban J connectivity index is 1.36. The van der Waals surface area contributed by atoms with Crippen molar-refractivity contribution < 1.29 is 0 Å². The van der Waals surface area contributed by atoms with E-state index in [9.17, 15) is 0 Å². The molecule has 0 saturated heterocycles. The van der Waals surface area contributed by atoms with Crippen molar-refractivity contribution >= 4 is 23.1 Å². The number of halogens is 1. The van der Waals surface area contributed by atoms with Gasteiger partial charge in [-0.05, 0) is 73.1 Å². The maximum absolute atomic E-state index is 5.77. The SMILES string of the molecule is Clc1nc(CNCCC2CC3CCCC(C3)C2)ns1. The molecule has 0 radical (unpaired) electrons. The second kappa shape index (κ2) is 6.51. The molecular formula is C14H22ClN3S. The Hall–Kier alpha value is -0.190. The summed E-state index contributed by atoms with van der Waals surface area (Å²) in [6, 6.07) is 0. The van der Waals surface area contributed by atoms with Gasteiger partial charge >= 0.3 is 0 Å². The van der Waals surface area contributed by atoms with E-state index in [0.29, 0.717) is 4.47 Å². The van der Waals surface area contributed by atoms with Crippen molar-refractivity contribution in [2.75, 3.05) is 6.54 Å². The van der Waals surface area contributed by atoms with Crippen molar-refractivity contribution in [1.29, 1.82) is 0 Å². The van der Waals surface area contributed by atoms with E-state index in [1.54, 1.807) is 0 Å². The van der Waals surface area contributed by atoms with Crippen LogP contribution in [-0.2, 0) is 6.54 Å². The molecule has 1 heterocycles. The van der Waals surface area contributed by atoms with Gasteiger partial charge in [0.25, 0.3) is 0 Å². The first kappa shape index (κ1) is 13.8. The Bertz CT molecular complexity index is 397. The molecule has 19 heavy (non-hydrogen) atoms. The van der Waals surface area contributed by atoms with Gasteiger partial charge < -0.3 is 5.32 Å². The maximum Gasteiger partial charge on any atom is 0.203 e. The summed E-state index contributed by atoms with van der Waals surface area (Å²) in [6.45, 7) is 1.84. The average molecular weight is 300 g/mol. The Morgan fingerprint density at radius 1 is 1.21 bits per heavy atom. The number of rotatable bonds is 5. The molecule has 2 aliphatic carbocycles. The van der Waals surface area contributed by atoms with Gasteiger partial charge in [0.15, 0.2) is 5.82 Å². The molecule has 1 N–H and O–H groups in total. The van der Waals surface area contributed by atoms with Gasteiger partial charge in [-0.15, -0.1) is 0 Å². The normalized spacial score (nSPS) is 30.5. The van der Waals surface area contributed by atoms with Crippen LogP contribution in [0.4, 0.5) is 0 Å². The molecule has 2 aliphatic rings. The zero-order valence-corrected chi connectivity index (χ0v) is 12.8. The van der Waals surface area contributed by atoms with E-state index in [1.807, 2.05) is 0 Å². The van der Waals surface area contributed by atoms with E-state index in [-0.39, 0.29) is 0 Å². The molecule has 2 atom stereocenters. The van der Waals surface area contributed by atoms with Crippen LogP contribution in [0.1, 0.15) is 50.8 Å². The minimum Gasteiger partial charge on any atom is -0.310 e. The lowest BCUT2D eigenvalue weighted by molar-refractivity contribution is 0.132. The van der Waals surface area contributed by atoms with E-state index in [2.05, 4.69) is 14.7 Å². The lowest BCUT2D eigenvalue weighted by atomic mass is 9.67. The summed E-state index contributed by atoms with van der Waals surface area (Å²) >= 11 is 7.03. The van der Waals surface area contributed by atoms with Crippen molar-refractivity contribution in [3.05, 3.63) is 10.3 Å². The van der Waals surface area contributed by atoms with Crippen LogP contribution >= 0.6 is 23.1 Å². The fourth-order valence-corrected chi connectivity index (χ4v) is 4.55. The first-order valence-electron chi connectivity index (χ1n) is 7.48. The Morgan fingerprint density at radius 3 is 2.68 bits per heavy atom. The summed E-state index contributed by atoms with van der Waals surface area (Å²) in [4.78, 5) is 4.15. The lowest BCUT2D eigenvalue weighted by Crippen LogP contribution is -2.29. The van der Waals surface area contributed by atoms with Crippen LogP contribution in [0, 0.1) is 17.8 Å². The lowest BCUT2D eigenvalue weighted by Gasteiger charge is -2.39. The van der Waals surface area contributed by atoms with Crippen molar-refractivity contribution in [3.8, 4) is 0 Å². The van der Waals surface area contributed by atoms with Gasteiger partial charge in [0, 0.05) is 0 Å². The molecular weight excluding hydrogens is 278 g/mol. The monoisotopic (exact) mass is 299 g/mol. The largest absolute Gasteiger partial charge is 0.310 e. The third-order valence-corrected chi connectivity index (χ3v) is 5.52. The van der Waals surface area contributed by atoms with Crippen LogP contribution in [0.25, 0.3) is 0 Å². The predicted octanol–water partition coefficient (Wildman–Crippen LogP) is 3.89. The zero-order valence-electron chi connectivity index (χ0n) is 11.3. The molecule has 2 fully saturated rings. The second-order valence-corrected chi connectivity index (χ2v) is 7.50. The molecule has 3 rings (SSSR count). The Kier molecular flexibility index (Phi) is 4.72. The van der Waals surface area contributed by atoms with Crippen molar-refractivity contribution in [2.45, 2.75) is 51.5 Å². The highest BCUT2D eigenvalue weighted by Crippen LogP contribution is 2.43. The van der Waals surface area contributed by atoms with E-state index in [0.717, 1.165) is 36.7 Å². The van der Waals surface area contributed by atoms with E-state index < -0.39 is 0 Å². The number of nitrogens with zero attached hydrogens (tertiary/aromatic N) is 2. The summed E-state index contributed by atoms with van der Waals surface area (Å²) in [5.41, 5.74) is 0. The van der Waals surface area contributed by atoms with Gasteiger partial charge in [-0.25, -0.2) is 4.98 Å². The van der Waals surface area contributed by atoms with Crippen LogP contribution in [0.5, 0.6) is 0 Å². The van der Waals surface area contributed by atoms with Crippen molar-refractivity contribution in [3.63, 3.8) is 0 Å². The summed E-state index contributed by atoms with van der Waals surface area (Å²) in [7, 11) is 0. The Morgan fingerprint density at radius 2 is 2.00 bits per heavy atom. The van der Waals surface area contributed by atoms with Crippen molar-refractivity contribution in [1.82, 2.24) is 14.7 Å². The van der Waals surface area contributed by atoms with Crippen LogP contribution in [0.2, 0.25) is 4.47 Å². The Labute approximate surface area is 124 Å². The fourth-order valence-electron chi connectivity index (χ4n) is 3.92. The van der Waals surface area contributed by atoms with E-state index in [4.69, 9.17) is 11.6 Å². The molecule has 1 aromatic rings. The number of nitrogens with one attached hydrogen (secondary N) is 1. The van der Waals surface area contributed by atoms with Gasteiger partial charge in [-0.1, -0.05) is 19.3 Å². The molecule has 1 aromatic heterocycles. The summed E-state index contributed by atoms with van der Waals surface area (Å²) in [5.74, 6) is 3.85. The first-order valence-corrected chi connectivity index (χ1v) is 8.63. The van der Waals surface area contributed by atoms with Crippen LogP contribution in [0.15, 0.2) is 0 Å². The van der Waals surface area contributed by atoms with Crippen molar-refractivity contribution in [2.24, 2.45) is 17.8 Å². The maximum atomic E-state index is 5.77. The molecule has 5 heteroatoms. The number of aromatic nitrogens is 2. The van der Waals surface area contributed by atoms with Gasteiger partial charge in [0.05, 0.1) is 6.54 Å². The fraction of sp³-hybridized carbons (Fsp3) is 0.857. The molecule has 0 aliphatic heterocycles. The van der Waals surface area contributed by atoms with Gasteiger partial charge in [0.1, 0.15) is 0 Å². The first-order chi connectivity index (χ1) is 9.29. The average Bonchev–Trinajstić information content (AvgIpc) is 2.80. The second-order valence-electron chi connectivity index (χ2n) is 6.17. The van der Waals surface area contributed by atoms with E-state index in [1.165, 1.54) is 56.5 Å². The smallest absolute Gasteiger partial charge is 0.203 e. The minimum atomic E-state index is 0.539. The number of fused-ring (bicyclic) bond motifs is 2. The van der Waals surface area contributed by atoms with Crippen LogP contribution in [-0.4, -0.2) is 15.9 Å². The molecule has 0 aromatic carbocycles. The third-order valence-electron chi connectivity index (χ3n) is 4.68. The third kappa shape index (κ3) is 3.89. The summed E-state index contributed by atoms with van der Waals surface area (Å²) in [6.07, 6.45) is 10.2. The highest BCUT2D eigenvalue weighted by Gasteiger charge is 2.31. The minimum absolute atomic E-state index is 0.539. The highest BCUT2D eigenvalue weighted by molar-refractivity contribution is 7.10. The molecule has 2 bridgehead atoms. The molecule has 2 unspecified atom stereocenters. The van der Waals surface area contributed by atoms with Gasteiger partial charge in [-0.3, -0.25) is 0 Å². The zero-order chi connectivity index (χ0) is 13.1. The molecule has 106 valence electrons. The summed E-state index contributed by atoms with van der Waals surface area (Å²) in [5, 5.41) is 3.45. The standard InChI is InChI=1S/C14H22ClN3S/c15-14-17-13(18-19-14)9-16-5-4-12-7-10-2-1-3-11(6-10)8-12/h10-12,16H,1-9H2. The number of hydrogen-bond acceptors (Lipinski definition) is 4. The molecule has 2 saturated carbocycles. The topological polar surface area (TPSA) is 37.8 Å². The molecule has 0 spiro atoms. The summed E-state index contributed by atoms with van der Waals surface area (Å²) < 4.78 is 4.72. The van der Waals surface area contributed by atoms with Gasteiger partial charge in [0.2, 0.25) is 4.47 Å². The van der Waals surface area contributed by atoms with Gasteiger partial charge in [-0.2, -0.15) is 4.37 Å². The highest BCUT2D eigenvalue weighted by atomic mass is 35.5. The van der Waals surface area contributed by atoms with E-state index >= 15 is 0 Å². The number of hydrogen-bond donors (Lipinski definition) is 1. The quantitative estimate of drug-likeness (QED) is 0.838. The van der Waals surface area contributed by atoms with Crippen LogP contribution in [0.3, 0.4) is 0 Å².